The SMILES string of the molecule is CC(C)CCN[C@H]1CC[C@H](OCC#Cc2c(-c3ccccc3)oc3ccccc23)O[C@H]1C. The van der Waals surface area contributed by atoms with Crippen molar-refractivity contribution in [1.82, 2.24) is 5.32 Å². The van der Waals surface area contributed by atoms with E-state index in [1.54, 1.807) is 0 Å². The molecule has 3 aromatic rings. The maximum Gasteiger partial charge on any atom is 0.159 e. The Morgan fingerprint density at radius 2 is 1.84 bits per heavy atom. The van der Waals surface area contributed by atoms with E-state index in [0.29, 0.717) is 18.6 Å². The maximum absolute atomic E-state index is 6.13. The fourth-order valence-electron chi connectivity index (χ4n) is 4.12. The van der Waals surface area contributed by atoms with Gasteiger partial charge in [-0.25, -0.2) is 0 Å². The van der Waals surface area contributed by atoms with Crippen molar-refractivity contribution in [2.45, 2.75) is 58.5 Å². The minimum Gasteiger partial charge on any atom is -0.455 e. The minimum absolute atomic E-state index is 0.136. The summed E-state index contributed by atoms with van der Waals surface area (Å²) in [7, 11) is 0. The first kappa shape index (κ1) is 22.6. The van der Waals surface area contributed by atoms with Crippen molar-refractivity contribution in [3.05, 3.63) is 60.2 Å². The van der Waals surface area contributed by atoms with Crippen LogP contribution in [0.15, 0.2) is 59.0 Å². The lowest BCUT2D eigenvalue weighted by Gasteiger charge is -2.34. The maximum atomic E-state index is 6.13. The summed E-state index contributed by atoms with van der Waals surface area (Å²) in [4.78, 5) is 0. The van der Waals surface area contributed by atoms with Crippen LogP contribution >= 0.6 is 0 Å². The van der Waals surface area contributed by atoms with Gasteiger partial charge in [0.05, 0.1) is 11.7 Å². The van der Waals surface area contributed by atoms with Gasteiger partial charge in [-0.2, -0.15) is 0 Å². The fraction of sp³-hybridized carbons (Fsp3) is 0.429. The third kappa shape index (κ3) is 5.61. The predicted molar refractivity (Wildman–Crippen MR) is 129 cm³/mol. The summed E-state index contributed by atoms with van der Waals surface area (Å²) in [5.41, 5.74) is 2.77. The molecule has 0 unspecified atom stereocenters. The molecule has 4 nitrogen and oxygen atoms in total. The van der Waals surface area contributed by atoms with E-state index < -0.39 is 0 Å². The van der Waals surface area contributed by atoms with E-state index in [-0.39, 0.29) is 12.4 Å². The molecule has 1 aliphatic heterocycles. The van der Waals surface area contributed by atoms with Crippen molar-refractivity contribution in [2.24, 2.45) is 5.92 Å². The molecule has 1 aromatic heterocycles. The normalized spacial score (nSPS) is 20.9. The van der Waals surface area contributed by atoms with Gasteiger partial charge in [-0.05, 0) is 44.4 Å². The largest absolute Gasteiger partial charge is 0.455 e. The Labute approximate surface area is 191 Å². The van der Waals surface area contributed by atoms with Crippen LogP contribution in [0.4, 0.5) is 0 Å². The highest BCUT2D eigenvalue weighted by Crippen LogP contribution is 2.32. The summed E-state index contributed by atoms with van der Waals surface area (Å²) in [6.45, 7) is 8.00. The third-order valence-electron chi connectivity index (χ3n) is 5.96. The van der Waals surface area contributed by atoms with Gasteiger partial charge in [0.15, 0.2) is 12.1 Å². The van der Waals surface area contributed by atoms with Crippen molar-refractivity contribution in [3.8, 4) is 23.2 Å². The van der Waals surface area contributed by atoms with Gasteiger partial charge >= 0.3 is 0 Å². The molecule has 0 aliphatic carbocycles. The molecule has 1 aliphatic rings. The molecule has 2 heterocycles. The zero-order valence-corrected chi connectivity index (χ0v) is 19.3. The van der Waals surface area contributed by atoms with Crippen LogP contribution in [0.5, 0.6) is 0 Å². The van der Waals surface area contributed by atoms with Crippen LogP contribution in [0.25, 0.3) is 22.3 Å². The number of hydrogen-bond acceptors (Lipinski definition) is 4. The lowest BCUT2D eigenvalue weighted by atomic mass is 10.0. The monoisotopic (exact) mass is 431 g/mol. The van der Waals surface area contributed by atoms with Crippen molar-refractivity contribution in [1.29, 1.82) is 0 Å². The first-order valence-electron chi connectivity index (χ1n) is 11.7. The molecule has 0 spiro atoms. The molecule has 1 saturated heterocycles. The highest BCUT2D eigenvalue weighted by Gasteiger charge is 2.28. The highest BCUT2D eigenvalue weighted by molar-refractivity contribution is 5.91. The van der Waals surface area contributed by atoms with E-state index in [1.807, 2.05) is 48.5 Å². The number of fused-ring (bicyclic) bond motifs is 1. The number of para-hydroxylation sites is 1. The Balaban J connectivity index is 1.37. The van der Waals surface area contributed by atoms with E-state index in [0.717, 1.165) is 47.2 Å². The molecule has 4 heteroatoms. The first-order valence-corrected chi connectivity index (χ1v) is 11.7. The van der Waals surface area contributed by atoms with Gasteiger partial charge in [-0.3, -0.25) is 0 Å². The molecule has 3 atom stereocenters. The highest BCUT2D eigenvalue weighted by atomic mass is 16.7. The van der Waals surface area contributed by atoms with Crippen molar-refractivity contribution in [2.75, 3.05) is 13.2 Å². The first-order chi connectivity index (χ1) is 15.6. The van der Waals surface area contributed by atoms with Crippen LogP contribution in [0.2, 0.25) is 0 Å². The fourth-order valence-corrected chi connectivity index (χ4v) is 4.12. The number of rotatable bonds is 7. The van der Waals surface area contributed by atoms with Crippen LogP contribution in [-0.4, -0.2) is 31.6 Å². The zero-order valence-electron chi connectivity index (χ0n) is 19.3. The summed E-state index contributed by atoms with van der Waals surface area (Å²) < 4.78 is 18.2. The molecule has 4 rings (SSSR count). The Morgan fingerprint density at radius 1 is 1.06 bits per heavy atom. The summed E-state index contributed by atoms with van der Waals surface area (Å²) >= 11 is 0. The second-order valence-corrected chi connectivity index (χ2v) is 8.87. The van der Waals surface area contributed by atoms with Crippen molar-refractivity contribution < 1.29 is 13.9 Å². The summed E-state index contributed by atoms with van der Waals surface area (Å²) in [6, 6.07) is 18.5. The Hall–Kier alpha value is -2.58. The smallest absolute Gasteiger partial charge is 0.159 e. The molecular formula is C28H33NO3. The average molecular weight is 432 g/mol. The molecule has 2 aromatic carbocycles. The van der Waals surface area contributed by atoms with Crippen molar-refractivity contribution >= 4 is 11.0 Å². The van der Waals surface area contributed by atoms with Gasteiger partial charge in [0.2, 0.25) is 0 Å². The number of hydrogen-bond donors (Lipinski definition) is 1. The second kappa shape index (κ2) is 10.8. The summed E-state index contributed by atoms with van der Waals surface area (Å²) in [5, 5.41) is 4.65. The van der Waals surface area contributed by atoms with Gasteiger partial charge < -0.3 is 19.2 Å². The van der Waals surface area contributed by atoms with E-state index >= 15 is 0 Å². The molecule has 0 saturated carbocycles. The van der Waals surface area contributed by atoms with Crippen LogP contribution in [0.1, 0.15) is 45.6 Å². The quantitative estimate of drug-likeness (QED) is 0.466. The van der Waals surface area contributed by atoms with Gasteiger partial charge in [0, 0.05) is 23.4 Å². The topological polar surface area (TPSA) is 43.6 Å². The van der Waals surface area contributed by atoms with Crippen LogP contribution < -0.4 is 5.32 Å². The average Bonchev–Trinajstić information content (AvgIpc) is 3.17. The molecule has 32 heavy (non-hydrogen) atoms. The number of furan rings is 1. The summed E-state index contributed by atoms with van der Waals surface area (Å²) in [5.74, 6) is 8.00. The molecule has 1 fully saturated rings. The zero-order chi connectivity index (χ0) is 22.3. The van der Waals surface area contributed by atoms with Gasteiger partial charge in [-0.1, -0.05) is 68.2 Å². The molecular weight excluding hydrogens is 398 g/mol. The van der Waals surface area contributed by atoms with Gasteiger partial charge in [0.25, 0.3) is 0 Å². The minimum atomic E-state index is -0.197. The molecule has 0 bridgehead atoms. The second-order valence-electron chi connectivity index (χ2n) is 8.87. The van der Waals surface area contributed by atoms with Gasteiger partial charge in [0.1, 0.15) is 12.2 Å². The van der Waals surface area contributed by atoms with Crippen LogP contribution in [0.3, 0.4) is 0 Å². The lowest BCUT2D eigenvalue weighted by molar-refractivity contribution is -0.190. The Kier molecular flexibility index (Phi) is 7.65. The standard InChI is InChI=1S/C28H33NO3/c1-20(2)17-18-29-25-15-16-27(31-21(25)3)30-19-9-13-24-23-12-7-8-14-26(23)32-28(24)22-10-5-4-6-11-22/h4-8,10-12,14,20-21,25,27,29H,15-19H2,1-3H3/t21-,25-,27+/m0/s1. The van der Waals surface area contributed by atoms with E-state index in [1.165, 1.54) is 6.42 Å². The number of benzene rings is 2. The van der Waals surface area contributed by atoms with Gasteiger partial charge in [-0.15, -0.1) is 0 Å². The van der Waals surface area contributed by atoms with Crippen molar-refractivity contribution in [3.63, 3.8) is 0 Å². The molecule has 168 valence electrons. The van der Waals surface area contributed by atoms with E-state index in [4.69, 9.17) is 13.9 Å². The van der Waals surface area contributed by atoms with E-state index in [9.17, 15) is 0 Å². The Bertz CT molecular complexity index is 1060. The summed E-state index contributed by atoms with van der Waals surface area (Å²) in [6.07, 6.45) is 3.07. The number of nitrogens with one attached hydrogen (secondary N) is 1. The molecule has 1 N–H and O–H groups in total. The van der Waals surface area contributed by atoms with Crippen LogP contribution in [-0.2, 0) is 9.47 Å². The molecule has 0 radical (unpaired) electrons. The Morgan fingerprint density at radius 3 is 2.62 bits per heavy atom. The molecule has 0 amide bonds. The number of ether oxygens (including phenoxy) is 2. The van der Waals surface area contributed by atoms with Crippen LogP contribution in [0, 0.1) is 17.8 Å². The third-order valence-corrected chi connectivity index (χ3v) is 5.96. The van der Waals surface area contributed by atoms with E-state index in [2.05, 4.69) is 44.0 Å². The lowest BCUT2D eigenvalue weighted by Crippen LogP contribution is -2.46. The predicted octanol–water partition coefficient (Wildman–Crippen LogP) is 6.00.